The van der Waals surface area contributed by atoms with Crippen molar-refractivity contribution in [2.75, 3.05) is 47.5 Å². The summed E-state index contributed by atoms with van der Waals surface area (Å²) in [7, 11) is 1.14. The minimum absolute atomic E-state index is 0.0375. The number of carbonyl (C=O) groups excluding carboxylic acids is 2. The number of nitrogens with zero attached hydrogens (tertiary/aromatic N) is 1. The Balaban J connectivity index is 4.34. The Labute approximate surface area is 375 Å². The van der Waals surface area contributed by atoms with Crippen LogP contribution in [0.1, 0.15) is 213 Å². The average molecular weight is 880 g/mol. The Morgan fingerprint density at radius 2 is 0.885 bits per heavy atom. The van der Waals surface area contributed by atoms with Gasteiger partial charge in [-0.2, -0.15) is 0 Å². The van der Waals surface area contributed by atoms with Crippen molar-refractivity contribution in [3.63, 3.8) is 0 Å². The molecule has 356 valence electrons. The molecule has 0 aliphatic carbocycles. The molecule has 0 aliphatic heterocycles. The lowest BCUT2D eigenvalue weighted by atomic mass is 10.0. The molecule has 0 bridgehead atoms. The highest BCUT2D eigenvalue weighted by Gasteiger charge is 2.21. The van der Waals surface area contributed by atoms with Crippen molar-refractivity contribution < 1.29 is 42.1 Å². The lowest BCUT2D eigenvalue weighted by Gasteiger charge is -2.28. The minimum Gasteiger partial charge on any atom is -0.756 e. The van der Waals surface area contributed by atoms with E-state index in [1.807, 2.05) is 21.1 Å². The summed E-state index contributed by atoms with van der Waals surface area (Å²) in [5.74, 6) is -0.864. The molecular weight excluding hydrogens is 786 g/mol. The molecule has 61 heavy (non-hydrogen) atoms. The van der Waals surface area contributed by atoms with Gasteiger partial charge in [-0.15, -0.1) is 0 Å². The molecule has 9 nitrogen and oxygen atoms in total. The van der Waals surface area contributed by atoms with Crippen molar-refractivity contribution in [2.24, 2.45) is 0 Å². The molecule has 0 saturated carbocycles. The number of allylic oxidation sites excluding steroid dienone is 8. The topological polar surface area (TPSA) is 111 Å². The molecule has 2 atom stereocenters. The molecule has 0 aromatic heterocycles. The van der Waals surface area contributed by atoms with E-state index in [1.165, 1.54) is 122 Å². The molecule has 0 radical (unpaired) electrons. The van der Waals surface area contributed by atoms with E-state index < -0.39 is 26.5 Å². The Bertz CT molecular complexity index is 1180. The van der Waals surface area contributed by atoms with E-state index in [1.54, 1.807) is 0 Å². The van der Waals surface area contributed by atoms with Crippen molar-refractivity contribution in [2.45, 2.75) is 219 Å². The van der Waals surface area contributed by atoms with Gasteiger partial charge >= 0.3 is 11.9 Å². The number of quaternary nitrogens is 1. The molecule has 0 spiro atoms. The van der Waals surface area contributed by atoms with Gasteiger partial charge in [0.2, 0.25) is 0 Å². The van der Waals surface area contributed by atoms with Crippen molar-refractivity contribution in [3.8, 4) is 0 Å². The molecule has 0 N–H and O–H groups in total. The van der Waals surface area contributed by atoms with Crippen LogP contribution in [0, 0.1) is 0 Å². The van der Waals surface area contributed by atoms with E-state index in [0.717, 1.165) is 57.8 Å². The number of phosphoric ester groups is 1. The molecule has 0 heterocycles. The van der Waals surface area contributed by atoms with Gasteiger partial charge in [-0.25, -0.2) is 0 Å². The Hall–Kier alpha value is -2.03. The third-order valence-electron chi connectivity index (χ3n) is 10.6. The summed E-state index contributed by atoms with van der Waals surface area (Å²) in [5, 5.41) is 0. The van der Waals surface area contributed by atoms with Crippen molar-refractivity contribution in [1.29, 1.82) is 0 Å². The first-order valence-corrected chi connectivity index (χ1v) is 26.3. The van der Waals surface area contributed by atoms with Crippen LogP contribution in [-0.2, 0) is 32.7 Å². The van der Waals surface area contributed by atoms with E-state index in [9.17, 15) is 19.0 Å². The molecule has 0 fully saturated rings. The zero-order valence-electron chi connectivity index (χ0n) is 40.1. The van der Waals surface area contributed by atoms with Crippen LogP contribution in [0.5, 0.6) is 0 Å². The van der Waals surface area contributed by atoms with E-state index in [-0.39, 0.29) is 32.0 Å². The number of rotatable bonds is 45. The molecule has 0 aromatic rings. The SMILES string of the molecule is CCCCC/C=C/C/C=C/C/C=C/C/C=C/CCCCCC(=O)O[C@H](COC(=O)CCCCCCCCCCCCCCCCCCCC)COP(=O)([O-])OCC[N+](C)(C)C. The number of ether oxygens (including phenoxy) is 2. The zero-order valence-corrected chi connectivity index (χ0v) is 41.0. The lowest BCUT2D eigenvalue weighted by Crippen LogP contribution is -2.37. The van der Waals surface area contributed by atoms with Crippen LogP contribution in [0.3, 0.4) is 0 Å². The van der Waals surface area contributed by atoms with Gasteiger partial charge in [0.05, 0.1) is 27.7 Å². The number of carbonyl (C=O) groups is 2. The first-order chi connectivity index (χ1) is 29.5. The van der Waals surface area contributed by atoms with Crippen LogP contribution in [0.15, 0.2) is 48.6 Å². The van der Waals surface area contributed by atoms with Crippen molar-refractivity contribution in [3.05, 3.63) is 48.6 Å². The third-order valence-corrected chi connectivity index (χ3v) is 11.6. The maximum atomic E-state index is 12.7. The molecule has 0 saturated heterocycles. The van der Waals surface area contributed by atoms with Gasteiger partial charge < -0.3 is 27.9 Å². The predicted molar refractivity (Wildman–Crippen MR) is 254 cm³/mol. The molecule has 0 rings (SSSR count). The third kappa shape index (κ3) is 47.3. The summed E-state index contributed by atoms with van der Waals surface area (Å²) < 4.78 is 34.0. The second-order valence-corrected chi connectivity index (χ2v) is 19.2. The van der Waals surface area contributed by atoms with E-state index in [4.69, 9.17) is 18.5 Å². The van der Waals surface area contributed by atoms with Crippen LogP contribution < -0.4 is 4.89 Å². The minimum atomic E-state index is -4.64. The first-order valence-electron chi connectivity index (χ1n) is 24.8. The van der Waals surface area contributed by atoms with Gasteiger partial charge in [-0.3, -0.25) is 14.2 Å². The van der Waals surface area contributed by atoms with Crippen molar-refractivity contribution >= 4 is 19.8 Å². The first kappa shape index (κ1) is 59.0. The number of hydrogen-bond donors (Lipinski definition) is 0. The fraction of sp³-hybridized carbons (Fsp3) is 0.804. The maximum absolute atomic E-state index is 12.7. The fourth-order valence-electron chi connectivity index (χ4n) is 6.70. The highest BCUT2D eigenvalue weighted by Crippen LogP contribution is 2.38. The van der Waals surface area contributed by atoms with Gasteiger partial charge in [0.25, 0.3) is 7.82 Å². The number of esters is 2. The summed E-state index contributed by atoms with van der Waals surface area (Å²) in [5.41, 5.74) is 0. The van der Waals surface area contributed by atoms with Crippen LogP contribution >= 0.6 is 7.82 Å². The number of likely N-dealkylation sites (N-methyl/N-ethyl adjacent to an activating group) is 1. The quantitative estimate of drug-likeness (QED) is 0.0195. The zero-order chi connectivity index (χ0) is 45.0. The van der Waals surface area contributed by atoms with Crippen LogP contribution in [0.2, 0.25) is 0 Å². The second kappa shape index (κ2) is 43.2. The molecule has 0 aromatic carbocycles. The molecule has 1 unspecified atom stereocenters. The number of unbranched alkanes of at least 4 members (excludes halogenated alkanes) is 23. The standard InChI is InChI=1S/C51H94NO8P/c1-6-8-10-12-14-16-18-20-22-24-26-28-30-32-34-36-38-40-42-44-51(54)60-49(48-59-61(55,56)58-46-45-52(3,4)5)47-57-50(53)43-41-39-37-35-33-31-29-27-25-23-21-19-17-15-13-11-9-7-2/h14,16,20,22,26,28,32,34,49H,6-13,15,17-19,21,23-25,27,29-31,33,35-48H2,1-5H3/b16-14+,22-20+,28-26+,34-32+/t49-/m1/s1. The monoisotopic (exact) mass is 880 g/mol. The van der Waals surface area contributed by atoms with E-state index >= 15 is 0 Å². The molecule has 0 aliphatic rings. The van der Waals surface area contributed by atoms with E-state index in [0.29, 0.717) is 17.4 Å². The van der Waals surface area contributed by atoms with Crippen LogP contribution in [0.4, 0.5) is 0 Å². The lowest BCUT2D eigenvalue weighted by molar-refractivity contribution is -0.870. The normalized spacial score (nSPS) is 13.9. The van der Waals surface area contributed by atoms with Gasteiger partial charge in [-0.1, -0.05) is 191 Å². The van der Waals surface area contributed by atoms with Gasteiger partial charge in [0, 0.05) is 12.8 Å². The molecule has 0 amide bonds. The Morgan fingerprint density at radius 1 is 0.508 bits per heavy atom. The second-order valence-electron chi connectivity index (χ2n) is 17.8. The Morgan fingerprint density at radius 3 is 1.34 bits per heavy atom. The highest BCUT2D eigenvalue weighted by molar-refractivity contribution is 7.45. The van der Waals surface area contributed by atoms with Gasteiger partial charge in [-0.05, 0) is 57.8 Å². The van der Waals surface area contributed by atoms with E-state index in [2.05, 4.69) is 62.5 Å². The summed E-state index contributed by atoms with van der Waals surface area (Å²) in [6.07, 6.45) is 51.4. The Kier molecular flexibility index (Phi) is 41.8. The fourth-order valence-corrected chi connectivity index (χ4v) is 7.43. The predicted octanol–water partition coefficient (Wildman–Crippen LogP) is 14.0. The largest absolute Gasteiger partial charge is 0.756 e. The van der Waals surface area contributed by atoms with Crippen LogP contribution in [-0.4, -0.2) is 70.0 Å². The maximum Gasteiger partial charge on any atom is 0.306 e. The summed E-state index contributed by atoms with van der Waals surface area (Å²) in [6, 6.07) is 0. The smallest absolute Gasteiger partial charge is 0.306 e. The summed E-state index contributed by atoms with van der Waals surface area (Å²) >= 11 is 0. The molecular formula is C51H94NO8P. The molecule has 10 heteroatoms. The van der Waals surface area contributed by atoms with Crippen LogP contribution in [0.25, 0.3) is 0 Å². The van der Waals surface area contributed by atoms with Gasteiger partial charge in [0.1, 0.15) is 19.8 Å². The number of phosphoric acid groups is 1. The highest BCUT2D eigenvalue weighted by atomic mass is 31.2. The summed E-state index contributed by atoms with van der Waals surface area (Å²) in [6.45, 7) is 4.18. The van der Waals surface area contributed by atoms with Gasteiger partial charge in [0.15, 0.2) is 6.10 Å². The average Bonchev–Trinajstić information content (AvgIpc) is 3.21. The number of hydrogen-bond acceptors (Lipinski definition) is 8. The van der Waals surface area contributed by atoms with Crippen molar-refractivity contribution in [1.82, 2.24) is 0 Å². The summed E-state index contributed by atoms with van der Waals surface area (Å²) in [4.78, 5) is 37.7.